The summed E-state index contributed by atoms with van der Waals surface area (Å²) in [4.78, 5) is 21.1. The molecule has 0 saturated carbocycles. The van der Waals surface area contributed by atoms with Crippen LogP contribution in [0.2, 0.25) is 0 Å². The van der Waals surface area contributed by atoms with Crippen LogP contribution in [0.4, 0.5) is 5.69 Å². The van der Waals surface area contributed by atoms with E-state index in [0.717, 1.165) is 16.8 Å². The summed E-state index contributed by atoms with van der Waals surface area (Å²) in [6, 6.07) is 16.7. The van der Waals surface area contributed by atoms with Gasteiger partial charge < -0.3 is 10.5 Å². The van der Waals surface area contributed by atoms with Gasteiger partial charge in [0.2, 0.25) is 5.43 Å². The molecule has 2 aromatic heterocycles. The van der Waals surface area contributed by atoms with Crippen molar-refractivity contribution in [3.05, 3.63) is 94.7 Å². The van der Waals surface area contributed by atoms with E-state index >= 15 is 0 Å². The standard InChI is InChI=1S/C23H21N5O2/c1-2-30-20-14-25-23(26-15-20)17-6-3-5-16(11-17)12-21-22(29)9-10-28(27-21)19-8-4-7-18(24)13-19/h3-11,13-15H,2,12,24H2,1H3. The molecule has 4 rings (SSSR count). The number of nitrogens with zero attached hydrogens (tertiary/aromatic N) is 4. The van der Waals surface area contributed by atoms with E-state index in [4.69, 9.17) is 10.5 Å². The second-order valence-electron chi connectivity index (χ2n) is 6.72. The molecule has 0 amide bonds. The highest BCUT2D eigenvalue weighted by atomic mass is 16.5. The van der Waals surface area contributed by atoms with E-state index in [0.29, 0.717) is 36.0 Å². The number of ether oxygens (including phenoxy) is 1. The van der Waals surface area contributed by atoms with E-state index < -0.39 is 0 Å². The van der Waals surface area contributed by atoms with Crippen LogP contribution in [0.3, 0.4) is 0 Å². The number of benzene rings is 2. The van der Waals surface area contributed by atoms with Crippen LogP contribution in [0.1, 0.15) is 18.2 Å². The summed E-state index contributed by atoms with van der Waals surface area (Å²) in [5, 5.41) is 4.51. The van der Waals surface area contributed by atoms with Crippen molar-refractivity contribution in [2.75, 3.05) is 12.3 Å². The van der Waals surface area contributed by atoms with Crippen molar-refractivity contribution in [1.29, 1.82) is 0 Å². The second kappa shape index (κ2) is 8.57. The molecule has 0 saturated heterocycles. The molecule has 2 N–H and O–H groups in total. The normalized spacial score (nSPS) is 10.7. The highest BCUT2D eigenvalue weighted by Crippen LogP contribution is 2.19. The number of aromatic nitrogens is 4. The lowest BCUT2D eigenvalue weighted by atomic mass is 10.1. The first-order chi connectivity index (χ1) is 14.6. The maximum absolute atomic E-state index is 12.4. The summed E-state index contributed by atoms with van der Waals surface area (Å²) < 4.78 is 7.05. The summed E-state index contributed by atoms with van der Waals surface area (Å²) in [5.41, 5.74) is 9.44. The fourth-order valence-electron chi connectivity index (χ4n) is 3.10. The SMILES string of the molecule is CCOc1cnc(-c2cccc(Cc3nn(-c4cccc(N)c4)ccc3=O)c2)nc1. The highest BCUT2D eigenvalue weighted by molar-refractivity contribution is 5.56. The lowest BCUT2D eigenvalue weighted by Gasteiger charge is -2.09. The monoisotopic (exact) mass is 399 g/mol. The molecule has 0 aliphatic rings. The summed E-state index contributed by atoms with van der Waals surface area (Å²) >= 11 is 0. The molecule has 2 heterocycles. The van der Waals surface area contributed by atoms with Gasteiger partial charge in [0, 0.05) is 29.9 Å². The minimum absolute atomic E-state index is 0.113. The zero-order valence-electron chi connectivity index (χ0n) is 16.5. The maximum atomic E-state index is 12.4. The number of hydrogen-bond acceptors (Lipinski definition) is 6. The fraction of sp³-hybridized carbons (Fsp3) is 0.130. The number of hydrogen-bond donors (Lipinski definition) is 1. The number of nitrogen functional groups attached to an aromatic ring is 1. The average molecular weight is 399 g/mol. The van der Waals surface area contributed by atoms with Gasteiger partial charge in [-0.25, -0.2) is 14.6 Å². The number of rotatable bonds is 6. The van der Waals surface area contributed by atoms with E-state index in [2.05, 4.69) is 15.1 Å². The Labute approximate surface area is 173 Å². The first-order valence-corrected chi connectivity index (χ1v) is 9.61. The Balaban J connectivity index is 1.61. The number of nitrogens with two attached hydrogens (primary N) is 1. The second-order valence-corrected chi connectivity index (χ2v) is 6.72. The molecular weight excluding hydrogens is 378 g/mol. The van der Waals surface area contributed by atoms with Crippen LogP contribution in [0.5, 0.6) is 5.75 Å². The van der Waals surface area contributed by atoms with E-state index in [1.165, 1.54) is 6.07 Å². The van der Waals surface area contributed by atoms with E-state index in [1.807, 2.05) is 49.4 Å². The van der Waals surface area contributed by atoms with Crippen molar-refractivity contribution in [3.63, 3.8) is 0 Å². The molecule has 7 heteroatoms. The molecular formula is C23H21N5O2. The Bertz CT molecular complexity index is 1220. The van der Waals surface area contributed by atoms with Gasteiger partial charge in [-0.05, 0) is 36.8 Å². The van der Waals surface area contributed by atoms with Crippen molar-refractivity contribution in [1.82, 2.24) is 19.7 Å². The molecule has 0 radical (unpaired) electrons. The Morgan fingerprint density at radius 1 is 1.03 bits per heavy atom. The van der Waals surface area contributed by atoms with E-state index in [9.17, 15) is 4.79 Å². The van der Waals surface area contributed by atoms with Crippen LogP contribution in [0.25, 0.3) is 17.1 Å². The summed E-state index contributed by atoms with van der Waals surface area (Å²) in [6.45, 7) is 2.48. The molecule has 7 nitrogen and oxygen atoms in total. The fourth-order valence-corrected chi connectivity index (χ4v) is 3.10. The zero-order valence-corrected chi connectivity index (χ0v) is 16.5. The average Bonchev–Trinajstić information content (AvgIpc) is 2.76. The lowest BCUT2D eigenvalue weighted by Crippen LogP contribution is -2.16. The predicted octanol–water partition coefficient (Wildman–Crippen LogP) is 3.26. The Kier molecular flexibility index (Phi) is 5.52. The smallest absolute Gasteiger partial charge is 0.203 e. The van der Waals surface area contributed by atoms with Crippen LogP contribution in [-0.2, 0) is 6.42 Å². The molecule has 0 aliphatic heterocycles. The van der Waals surface area contributed by atoms with Crippen LogP contribution in [0, 0.1) is 0 Å². The lowest BCUT2D eigenvalue weighted by molar-refractivity contribution is 0.337. The number of anilines is 1. The first kappa shape index (κ1) is 19.3. The Morgan fingerprint density at radius 3 is 2.60 bits per heavy atom. The van der Waals surface area contributed by atoms with Crippen molar-refractivity contribution in [3.8, 4) is 22.8 Å². The van der Waals surface area contributed by atoms with Gasteiger partial charge in [0.05, 0.1) is 24.7 Å². The predicted molar refractivity (Wildman–Crippen MR) is 116 cm³/mol. The molecule has 2 aromatic carbocycles. The van der Waals surface area contributed by atoms with Crippen molar-refractivity contribution in [2.45, 2.75) is 13.3 Å². The van der Waals surface area contributed by atoms with E-state index in [-0.39, 0.29) is 5.43 Å². The van der Waals surface area contributed by atoms with Gasteiger partial charge in [-0.15, -0.1) is 0 Å². The van der Waals surface area contributed by atoms with Crippen molar-refractivity contribution >= 4 is 5.69 Å². The summed E-state index contributed by atoms with van der Waals surface area (Å²) in [7, 11) is 0. The molecule has 150 valence electrons. The quantitative estimate of drug-likeness (QED) is 0.500. The summed E-state index contributed by atoms with van der Waals surface area (Å²) in [6.07, 6.45) is 5.35. The third kappa shape index (κ3) is 4.35. The Morgan fingerprint density at radius 2 is 1.83 bits per heavy atom. The topological polar surface area (TPSA) is 95.9 Å². The van der Waals surface area contributed by atoms with Crippen LogP contribution >= 0.6 is 0 Å². The molecule has 0 fully saturated rings. The van der Waals surface area contributed by atoms with Crippen molar-refractivity contribution < 1.29 is 4.74 Å². The largest absolute Gasteiger partial charge is 0.491 e. The zero-order chi connectivity index (χ0) is 20.9. The minimum atomic E-state index is -0.113. The minimum Gasteiger partial charge on any atom is -0.491 e. The third-order valence-corrected chi connectivity index (χ3v) is 4.51. The highest BCUT2D eigenvalue weighted by Gasteiger charge is 2.08. The van der Waals surface area contributed by atoms with Gasteiger partial charge >= 0.3 is 0 Å². The van der Waals surface area contributed by atoms with Gasteiger partial charge in [-0.2, -0.15) is 5.10 Å². The van der Waals surface area contributed by atoms with Gasteiger partial charge in [0.1, 0.15) is 5.69 Å². The van der Waals surface area contributed by atoms with Crippen LogP contribution < -0.4 is 15.9 Å². The molecule has 4 aromatic rings. The van der Waals surface area contributed by atoms with Crippen LogP contribution in [-0.4, -0.2) is 26.4 Å². The van der Waals surface area contributed by atoms with E-state index in [1.54, 1.807) is 29.3 Å². The molecule has 30 heavy (non-hydrogen) atoms. The molecule has 0 aliphatic carbocycles. The third-order valence-electron chi connectivity index (χ3n) is 4.51. The van der Waals surface area contributed by atoms with Gasteiger partial charge in [0.15, 0.2) is 11.6 Å². The Hall–Kier alpha value is -4.00. The van der Waals surface area contributed by atoms with Gasteiger partial charge in [-0.3, -0.25) is 4.79 Å². The molecule has 0 bridgehead atoms. The molecule has 0 unspecified atom stereocenters. The van der Waals surface area contributed by atoms with Crippen LogP contribution in [0.15, 0.2) is 78.0 Å². The summed E-state index contributed by atoms with van der Waals surface area (Å²) in [5.74, 6) is 1.23. The molecule has 0 spiro atoms. The van der Waals surface area contributed by atoms with Gasteiger partial charge in [0.25, 0.3) is 0 Å². The van der Waals surface area contributed by atoms with Gasteiger partial charge in [-0.1, -0.05) is 24.3 Å². The maximum Gasteiger partial charge on any atom is 0.203 e. The first-order valence-electron chi connectivity index (χ1n) is 9.61. The molecule has 0 atom stereocenters. The van der Waals surface area contributed by atoms with Crippen molar-refractivity contribution in [2.24, 2.45) is 0 Å².